The number of nitrogens with zero attached hydrogens (tertiary/aromatic N) is 4. The molecule has 74 heavy (non-hydrogen) atoms. The van der Waals surface area contributed by atoms with Gasteiger partial charge in [0.15, 0.2) is 0 Å². The van der Waals surface area contributed by atoms with Crippen LogP contribution in [0.15, 0.2) is 120 Å². The minimum atomic E-state index is -4.51. The lowest BCUT2D eigenvalue weighted by atomic mass is 9.85. The third-order valence-electron chi connectivity index (χ3n) is 12.7. The van der Waals surface area contributed by atoms with Crippen molar-refractivity contribution in [1.82, 2.24) is 19.9 Å². The largest absolute Gasteiger partial charge is 0.493 e. The summed E-state index contributed by atoms with van der Waals surface area (Å²) >= 11 is 0. The van der Waals surface area contributed by atoms with Gasteiger partial charge in [0.05, 0.1) is 60.6 Å². The second-order valence-corrected chi connectivity index (χ2v) is 20.9. The van der Waals surface area contributed by atoms with Crippen molar-refractivity contribution < 1.29 is 71.6 Å². The average molecular weight is 1070 g/mol. The number of sulfonamides is 2. The van der Waals surface area contributed by atoms with Crippen molar-refractivity contribution >= 4 is 31.7 Å². The Bertz CT molecular complexity index is 2940. The van der Waals surface area contributed by atoms with Gasteiger partial charge in [-0.1, -0.05) is 24.3 Å². The molecule has 0 bridgehead atoms. The number of aromatic nitrogens is 4. The number of fused-ring (bicyclic) bond motifs is 2. The lowest BCUT2D eigenvalue weighted by molar-refractivity contribution is -0.138. The van der Waals surface area contributed by atoms with Crippen LogP contribution in [0.5, 0.6) is 23.0 Å². The first-order chi connectivity index (χ1) is 35.4. The van der Waals surface area contributed by atoms with Gasteiger partial charge in [-0.3, -0.25) is 9.44 Å². The molecule has 0 radical (unpaired) electrons. The number of ether oxygens (including phenoxy) is 6. The molecule has 0 spiro atoms. The Labute approximate surface area is 421 Å². The zero-order valence-corrected chi connectivity index (χ0v) is 40.8. The van der Waals surface area contributed by atoms with Crippen LogP contribution >= 0.6 is 0 Å². The Morgan fingerprint density at radius 1 is 0.486 bits per heavy atom. The summed E-state index contributed by atoms with van der Waals surface area (Å²) in [5, 5.41) is 0. The maximum atomic E-state index is 13.5. The maximum absolute atomic E-state index is 13.5. The Kier molecular flexibility index (Phi) is 15.5. The fraction of sp³-hybridized carbons (Fsp3) is 0.360. The second-order valence-electron chi connectivity index (χ2n) is 17.5. The minimum Gasteiger partial charge on any atom is -0.493 e. The van der Waals surface area contributed by atoms with E-state index in [9.17, 15) is 43.2 Å². The fourth-order valence-corrected chi connectivity index (χ4v) is 11.0. The zero-order valence-electron chi connectivity index (χ0n) is 39.1. The molecule has 6 aromatic rings. The van der Waals surface area contributed by atoms with Crippen molar-refractivity contribution in [2.45, 2.75) is 84.7 Å². The van der Waals surface area contributed by atoms with Crippen LogP contribution in [0.2, 0.25) is 0 Å². The fourth-order valence-electron chi connectivity index (χ4n) is 8.96. The highest BCUT2D eigenvalue weighted by molar-refractivity contribution is 7.93. The molecule has 2 fully saturated rings. The summed E-state index contributed by atoms with van der Waals surface area (Å²) in [6, 6.07) is 18.9. The number of alkyl halides is 6. The quantitative estimate of drug-likeness (QED) is 0.110. The predicted molar refractivity (Wildman–Crippen MR) is 254 cm³/mol. The molecule has 0 saturated carbocycles. The minimum absolute atomic E-state index is 0.0309. The third-order valence-corrected chi connectivity index (χ3v) is 15.4. The predicted octanol–water partition coefficient (Wildman–Crippen LogP) is 9.54. The molecule has 392 valence electrons. The summed E-state index contributed by atoms with van der Waals surface area (Å²) < 4.78 is 172. The van der Waals surface area contributed by atoms with Crippen molar-refractivity contribution in [3.63, 3.8) is 0 Å². The summed E-state index contributed by atoms with van der Waals surface area (Å²) in [4.78, 5) is 15.2. The van der Waals surface area contributed by atoms with E-state index in [0.29, 0.717) is 98.7 Å². The molecule has 0 amide bonds. The lowest BCUT2D eigenvalue weighted by Crippen LogP contribution is -2.27. The number of hydrogen-bond donors (Lipinski definition) is 2. The Balaban J connectivity index is 0.000000182. The van der Waals surface area contributed by atoms with E-state index in [1.165, 1.54) is 73.6 Å². The molecule has 2 atom stereocenters. The van der Waals surface area contributed by atoms with Gasteiger partial charge in [-0.05, 0) is 61.4 Å². The van der Waals surface area contributed by atoms with Crippen LogP contribution in [0.1, 0.15) is 83.7 Å². The third kappa shape index (κ3) is 12.4. The molecule has 24 heteroatoms. The highest BCUT2D eigenvalue weighted by atomic mass is 32.2. The van der Waals surface area contributed by atoms with Gasteiger partial charge in [0, 0.05) is 84.3 Å². The molecule has 2 aromatic heterocycles. The van der Waals surface area contributed by atoms with Gasteiger partial charge in [0.1, 0.15) is 59.5 Å². The summed E-state index contributed by atoms with van der Waals surface area (Å²) in [5.41, 5.74) is 0.954. The van der Waals surface area contributed by atoms with Gasteiger partial charge in [0.25, 0.3) is 20.0 Å². The van der Waals surface area contributed by atoms with Crippen molar-refractivity contribution in [3.8, 4) is 23.0 Å². The van der Waals surface area contributed by atoms with E-state index in [0.717, 1.165) is 24.3 Å². The average Bonchev–Trinajstić information content (AvgIpc) is 3.39. The molecule has 2 N–H and O–H groups in total. The highest BCUT2D eigenvalue weighted by Crippen LogP contribution is 2.47. The molecular formula is C50H48F6N6O10S2. The number of halogens is 6. The summed E-state index contributed by atoms with van der Waals surface area (Å²) in [6.45, 7) is 2.47. The normalized spacial score (nSPS) is 18.5. The molecule has 4 aromatic carbocycles. The molecule has 0 unspecified atom stereocenters. The van der Waals surface area contributed by atoms with Gasteiger partial charge in [0.2, 0.25) is 0 Å². The molecular weight excluding hydrogens is 1020 g/mol. The number of benzene rings is 4. The first-order valence-electron chi connectivity index (χ1n) is 23.4. The molecule has 0 aliphatic carbocycles. The molecule has 6 heterocycles. The number of nitrogens with one attached hydrogen (secondary N) is 2. The van der Waals surface area contributed by atoms with E-state index in [1.807, 2.05) is 0 Å². The summed E-state index contributed by atoms with van der Waals surface area (Å²) in [7, 11) is -7.92. The van der Waals surface area contributed by atoms with E-state index >= 15 is 0 Å². The second kappa shape index (κ2) is 22.0. The standard InChI is InChI=1S/2C25H24F3N3O5S/c2*26-25(27,28)16-1-3-21(23(13-16)36-17-6-10-34-11-7-17)19-8-12-35-22-14-18(2-4-20(19)22)37(32,33)31-24-5-9-29-15-30-24/h2*1-5,9,13-15,17,19H,6-8,10-12H2,(H,29,30,31)/t2*19-/m10/s1. The van der Waals surface area contributed by atoms with Crippen LogP contribution < -0.4 is 28.4 Å². The smallest absolute Gasteiger partial charge is 0.416 e. The Hall–Kier alpha value is -6.76. The maximum Gasteiger partial charge on any atom is 0.416 e. The van der Waals surface area contributed by atoms with Crippen LogP contribution in [0.25, 0.3) is 0 Å². The Morgan fingerprint density at radius 3 is 1.24 bits per heavy atom. The van der Waals surface area contributed by atoms with E-state index in [-0.39, 0.29) is 70.2 Å². The van der Waals surface area contributed by atoms with Gasteiger partial charge in [-0.25, -0.2) is 36.8 Å². The molecule has 4 aliphatic heterocycles. The Morgan fingerprint density at radius 2 is 0.878 bits per heavy atom. The summed E-state index contributed by atoms with van der Waals surface area (Å²) in [5.74, 6) is 0.582. The van der Waals surface area contributed by atoms with Crippen LogP contribution in [-0.2, 0) is 41.9 Å². The van der Waals surface area contributed by atoms with Gasteiger partial charge >= 0.3 is 12.4 Å². The zero-order chi connectivity index (χ0) is 52.1. The van der Waals surface area contributed by atoms with Crippen molar-refractivity contribution in [3.05, 3.63) is 143 Å². The van der Waals surface area contributed by atoms with E-state index in [2.05, 4.69) is 29.4 Å². The summed E-state index contributed by atoms with van der Waals surface area (Å²) in [6.07, 6.45) is -0.939. The lowest BCUT2D eigenvalue weighted by Gasteiger charge is -2.30. The van der Waals surface area contributed by atoms with Crippen LogP contribution in [0.4, 0.5) is 38.0 Å². The van der Waals surface area contributed by atoms with Crippen LogP contribution in [0, 0.1) is 0 Å². The van der Waals surface area contributed by atoms with Crippen LogP contribution in [0.3, 0.4) is 0 Å². The number of hydrogen-bond acceptors (Lipinski definition) is 14. The van der Waals surface area contributed by atoms with Crippen LogP contribution in [-0.4, -0.2) is 88.6 Å². The highest BCUT2D eigenvalue weighted by Gasteiger charge is 2.36. The topological polar surface area (TPSA) is 199 Å². The number of anilines is 2. The van der Waals surface area contributed by atoms with E-state index < -0.39 is 43.5 Å². The van der Waals surface area contributed by atoms with Crippen molar-refractivity contribution in [1.29, 1.82) is 0 Å². The van der Waals surface area contributed by atoms with Crippen molar-refractivity contribution in [2.75, 3.05) is 49.1 Å². The molecule has 4 aliphatic rings. The molecule has 2 saturated heterocycles. The van der Waals surface area contributed by atoms with Gasteiger partial charge < -0.3 is 28.4 Å². The van der Waals surface area contributed by atoms with Crippen molar-refractivity contribution in [2.24, 2.45) is 0 Å². The molecule has 16 nitrogen and oxygen atoms in total. The van der Waals surface area contributed by atoms with Gasteiger partial charge in [-0.15, -0.1) is 0 Å². The van der Waals surface area contributed by atoms with E-state index in [1.54, 1.807) is 12.1 Å². The van der Waals surface area contributed by atoms with E-state index in [4.69, 9.17) is 28.4 Å². The first kappa shape index (κ1) is 52.1. The number of rotatable bonds is 12. The van der Waals surface area contributed by atoms with Gasteiger partial charge in [-0.2, -0.15) is 26.3 Å². The molecule has 10 rings (SSSR count). The monoisotopic (exact) mass is 1070 g/mol. The first-order valence-corrected chi connectivity index (χ1v) is 26.4. The SMILES string of the molecule is O=S(=O)(Nc1ccncn1)c1ccc2c(c1)OCC[C@@H]2c1ccc(C(F)(F)F)cc1OC1CCOCC1.O=S(=O)(Nc1ccncn1)c1ccc2c(c1)OCC[C@H]2c1ccc(C(F)(F)F)cc1OC1CCOCC1.